The van der Waals surface area contributed by atoms with Crippen molar-refractivity contribution in [1.29, 1.82) is 0 Å². The fraction of sp³-hybridized carbons (Fsp3) is 0.385. The van der Waals surface area contributed by atoms with Crippen LogP contribution >= 0.6 is 0 Å². The summed E-state index contributed by atoms with van der Waals surface area (Å²) >= 11 is 0. The lowest BCUT2D eigenvalue weighted by molar-refractivity contribution is 0.174. The van der Waals surface area contributed by atoms with Gasteiger partial charge in [-0.05, 0) is 19.0 Å². The van der Waals surface area contributed by atoms with Gasteiger partial charge in [0, 0.05) is 6.04 Å². The maximum absolute atomic E-state index is 9.82. The van der Waals surface area contributed by atoms with E-state index in [2.05, 4.69) is 12.2 Å². The van der Waals surface area contributed by atoms with Crippen molar-refractivity contribution < 1.29 is 5.11 Å². The number of aliphatic hydroxyl groups is 1. The van der Waals surface area contributed by atoms with Gasteiger partial charge in [-0.2, -0.15) is 0 Å². The van der Waals surface area contributed by atoms with Crippen molar-refractivity contribution in [3.8, 4) is 0 Å². The minimum atomic E-state index is -0.430. The molecular formula is C13H19NO. The molecule has 0 saturated heterocycles. The van der Waals surface area contributed by atoms with Crippen molar-refractivity contribution in [2.24, 2.45) is 0 Å². The summed E-state index contributed by atoms with van der Waals surface area (Å²) in [6.45, 7) is 2.06. The van der Waals surface area contributed by atoms with Crippen LogP contribution in [0, 0.1) is 0 Å². The third-order valence-electron chi connectivity index (χ3n) is 2.51. The highest BCUT2D eigenvalue weighted by atomic mass is 16.3. The first-order valence-corrected chi connectivity index (χ1v) is 5.36. The molecule has 0 unspecified atom stereocenters. The summed E-state index contributed by atoms with van der Waals surface area (Å²) in [5.74, 6) is 0. The second-order valence-corrected chi connectivity index (χ2v) is 3.56. The first kappa shape index (κ1) is 12.0. The van der Waals surface area contributed by atoms with Crippen LogP contribution in [0.25, 0.3) is 6.08 Å². The van der Waals surface area contributed by atoms with E-state index in [4.69, 9.17) is 0 Å². The molecule has 0 fully saturated rings. The molecule has 2 N–H and O–H groups in total. The minimum Gasteiger partial charge on any atom is -0.387 e. The van der Waals surface area contributed by atoms with Gasteiger partial charge in [0.1, 0.15) is 0 Å². The molecule has 0 amide bonds. The number of hydrogen-bond donors (Lipinski definition) is 2. The van der Waals surface area contributed by atoms with Crippen LogP contribution in [0.1, 0.15) is 18.9 Å². The summed E-state index contributed by atoms with van der Waals surface area (Å²) in [7, 11) is 1.87. The number of benzene rings is 1. The van der Waals surface area contributed by atoms with Gasteiger partial charge in [0.2, 0.25) is 0 Å². The maximum Gasteiger partial charge on any atom is 0.0876 e. The van der Waals surface area contributed by atoms with Crippen LogP contribution in [0.4, 0.5) is 0 Å². The van der Waals surface area contributed by atoms with Gasteiger partial charge in [-0.25, -0.2) is 0 Å². The molecule has 0 bridgehead atoms. The summed E-state index contributed by atoms with van der Waals surface area (Å²) in [6.07, 6.45) is 4.27. The lowest BCUT2D eigenvalue weighted by atomic mass is 10.1. The number of hydrogen-bond acceptors (Lipinski definition) is 2. The summed E-state index contributed by atoms with van der Waals surface area (Å²) < 4.78 is 0. The number of aliphatic hydroxyl groups excluding tert-OH is 1. The minimum absolute atomic E-state index is 0.130. The standard InChI is InChI=1S/C13H19NO/c1-3-12(14-2)13(15)10-9-11-7-5-4-6-8-11/h4-10,12-15H,3H2,1-2H3/b10-9+/t12-,13+/m1/s1. The smallest absolute Gasteiger partial charge is 0.0876 e. The number of nitrogens with one attached hydrogen (secondary N) is 1. The Morgan fingerprint density at radius 1 is 1.33 bits per heavy atom. The Kier molecular flexibility index (Phi) is 5.08. The first-order chi connectivity index (χ1) is 7.27. The van der Waals surface area contributed by atoms with Gasteiger partial charge in [0.25, 0.3) is 0 Å². The molecule has 0 aromatic heterocycles. The molecule has 0 aliphatic rings. The van der Waals surface area contributed by atoms with Crippen molar-refractivity contribution in [2.75, 3.05) is 7.05 Å². The fourth-order valence-electron chi connectivity index (χ4n) is 1.52. The Balaban J connectivity index is 2.57. The highest BCUT2D eigenvalue weighted by molar-refractivity contribution is 5.49. The Morgan fingerprint density at radius 3 is 2.53 bits per heavy atom. The van der Waals surface area contributed by atoms with Crippen molar-refractivity contribution in [3.05, 3.63) is 42.0 Å². The summed E-state index contributed by atoms with van der Waals surface area (Å²) in [4.78, 5) is 0. The molecule has 2 atom stereocenters. The van der Waals surface area contributed by atoms with Crippen LogP contribution in [0.3, 0.4) is 0 Å². The van der Waals surface area contributed by atoms with Gasteiger partial charge >= 0.3 is 0 Å². The topological polar surface area (TPSA) is 32.3 Å². The number of likely N-dealkylation sites (N-methyl/N-ethyl adjacent to an activating group) is 1. The quantitative estimate of drug-likeness (QED) is 0.771. The molecule has 0 heterocycles. The Hall–Kier alpha value is -1.12. The summed E-state index contributed by atoms with van der Waals surface area (Å²) in [5.41, 5.74) is 1.11. The monoisotopic (exact) mass is 205 g/mol. The average Bonchev–Trinajstić information content (AvgIpc) is 2.29. The molecular weight excluding hydrogens is 186 g/mol. The van der Waals surface area contributed by atoms with E-state index in [-0.39, 0.29) is 6.04 Å². The molecule has 1 aromatic carbocycles. The van der Waals surface area contributed by atoms with Gasteiger partial charge in [0.05, 0.1) is 6.10 Å². The molecule has 15 heavy (non-hydrogen) atoms. The second-order valence-electron chi connectivity index (χ2n) is 3.56. The molecule has 0 radical (unpaired) electrons. The van der Waals surface area contributed by atoms with Crippen LogP contribution < -0.4 is 5.32 Å². The van der Waals surface area contributed by atoms with E-state index in [0.29, 0.717) is 0 Å². The lowest BCUT2D eigenvalue weighted by Crippen LogP contribution is -2.35. The van der Waals surface area contributed by atoms with E-state index in [0.717, 1.165) is 12.0 Å². The van der Waals surface area contributed by atoms with Gasteiger partial charge in [-0.1, -0.05) is 49.4 Å². The zero-order chi connectivity index (χ0) is 11.1. The second kappa shape index (κ2) is 6.38. The highest BCUT2D eigenvalue weighted by Crippen LogP contribution is 2.05. The first-order valence-electron chi connectivity index (χ1n) is 5.36. The average molecular weight is 205 g/mol. The van der Waals surface area contributed by atoms with E-state index >= 15 is 0 Å². The molecule has 2 heteroatoms. The summed E-state index contributed by atoms with van der Waals surface area (Å²) in [5, 5.41) is 12.9. The van der Waals surface area contributed by atoms with Gasteiger partial charge < -0.3 is 10.4 Å². The zero-order valence-corrected chi connectivity index (χ0v) is 9.35. The summed E-state index contributed by atoms with van der Waals surface area (Å²) in [6, 6.07) is 10.1. The van der Waals surface area contributed by atoms with E-state index < -0.39 is 6.10 Å². The van der Waals surface area contributed by atoms with Crippen molar-refractivity contribution in [1.82, 2.24) is 5.32 Å². The lowest BCUT2D eigenvalue weighted by Gasteiger charge is -2.17. The van der Waals surface area contributed by atoms with Crippen molar-refractivity contribution in [2.45, 2.75) is 25.5 Å². The van der Waals surface area contributed by atoms with Gasteiger partial charge in [-0.15, -0.1) is 0 Å². The highest BCUT2D eigenvalue weighted by Gasteiger charge is 2.10. The Morgan fingerprint density at radius 2 is 2.00 bits per heavy atom. The van der Waals surface area contributed by atoms with Crippen LogP contribution in [-0.2, 0) is 0 Å². The third kappa shape index (κ3) is 3.86. The van der Waals surface area contributed by atoms with E-state index in [1.807, 2.05) is 49.5 Å². The van der Waals surface area contributed by atoms with E-state index in [1.165, 1.54) is 0 Å². The fourth-order valence-corrected chi connectivity index (χ4v) is 1.52. The molecule has 1 rings (SSSR count). The molecule has 1 aromatic rings. The zero-order valence-electron chi connectivity index (χ0n) is 9.35. The maximum atomic E-state index is 9.82. The largest absolute Gasteiger partial charge is 0.387 e. The Bertz CT molecular complexity index is 291. The van der Waals surface area contributed by atoms with Gasteiger partial charge in [0.15, 0.2) is 0 Å². The molecule has 0 saturated carbocycles. The van der Waals surface area contributed by atoms with Crippen LogP contribution in [0.2, 0.25) is 0 Å². The van der Waals surface area contributed by atoms with Crippen molar-refractivity contribution >= 4 is 6.08 Å². The van der Waals surface area contributed by atoms with Crippen LogP contribution in [-0.4, -0.2) is 24.3 Å². The molecule has 0 aliphatic heterocycles. The van der Waals surface area contributed by atoms with Gasteiger partial charge in [-0.3, -0.25) is 0 Å². The predicted octanol–water partition coefficient (Wildman–Crippen LogP) is 2.06. The van der Waals surface area contributed by atoms with Crippen LogP contribution in [0.5, 0.6) is 0 Å². The van der Waals surface area contributed by atoms with E-state index in [9.17, 15) is 5.11 Å². The number of rotatable bonds is 5. The molecule has 2 nitrogen and oxygen atoms in total. The normalized spacial score (nSPS) is 15.4. The Labute approximate surface area is 91.6 Å². The predicted molar refractivity (Wildman–Crippen MR) is 64.6 cm³/mol. The molecule has 0 spiro atoms. The molecule has 82 valence electrons. The van der Waals surface area contributed by atoms with Crippen molar-refractivity contribution in [3.63, 3.8) is 0 Å². The van der Waals surface area contributed by atoms with Crippen LogP contribution in [0.15, 0.2) is 36.4 Å². The SMILES string of the molecule is CC[C@@H](NC)[C@@H](O)/C=C/c1ccccc1. The molecule has 0 aliphatic carbocycles. The third-order valence-corrected chi connectivity index (χ3v) is 2.51. The van der Waals surface area contributed by atoms with E-state index in [1.54, 1.807) is 0 Å².